The third-order valence-corrected chi connectivity index (χ3v) is 5.08. The Balaban J connectivity index is 0.000000379. The van der Waals surface area contributed by atoms with E-state index in [9.17, 15) is 46.9 Å². The number of halogens is 5. The fraction of sp³-hybridized carbons (Fsp3) is 0.294. The summed E-state index contributed by atoms with van der Waals surface area (Å²) in [6, 6.07) is 3.42. The summed E-state index contributed by atoms with van der Waals surface area (Å²) in [5.41, 5.74) is -7.21. The van der Waals surface area contributed by atoms with Gasteiger partial charge in [-0.3, -0.25) is 20.2 Å². The lowest BCUT2D eigenvalue weighted by atomic mass is 10.3. The number of hydrogen-bond acceptors (Lipinski definition) is 10. The summed E-state index contributed by atoms with van der Waals surface area (Å²) in [4.78, 5) is 19.3. The number of rotatable bonds is 8. The summed E-state index contributed by atoms with van der Waals surface area (Å²) in [5.74, 6) is -1.62. The van der Waals surface area contributed by atoms with Crippen LogP contribution in [-0.2, 0) is 10.1 Å². The summed E-state index contributed by atoms with van der Waals surface area (Å²) < 4.78 is 72.2. The lowest BCUT2D eigenvalue weighted by Gasteiger charge is -2.12. The van der Waals surface area contributed by atoms with Crippen molar-refractivity contribution in [2.45, 2.75) is 19.4 Å². The van der Waals surface area contributed by atoms with Crippen molar-refractivity contribution < 1.29 is 50.2 Å². The fourth-order valence-electron chi connectivity index (χ4n) is 2.11. The van der Waals surface area contributed by atoms with Gasteiger partial charge in [0, 0.05) is 24.3 Å². The number of nitro groups is 2. The Morgan fingerprint density at radius 1 is 0.886 bits per heavy atom. The van der Waals surface area contributed by atoms with Crippen LogP contribution in [0.2, 0.25) is 10.0 Å². The smallest absolute Gasteiger partial charge is 0.502 e. The summed E-state index contributed by atoms with van der Waals surface area (Å²) >= 11 is 11.3. The van der Waals surface area contributed by atoms with Crippen LogP contribution in [0.25, 0.3) is 0 Å². The molecule has 0 aliphatic rings. The zero-order chi connectivity index (χ0) is 27.1. The molecule has 0 spiro atoms. The van der Waals surface area contributed by atoms with Gasteiger partial charge in [-0.1, -0.05) is 23.2 Å². The first-order valence-electron chi connectivity index (χ1n) is 8.96. The van der Waals surface area contributed by atoms with Gasteiger partial charge in [-0.15, -0.1) is 0 Å². The molecule has 0 aliphatic heterocycles. The molecule has 0 heterocycles. The standard InChI is InChI=1S/C9H7ClF3NO6S.C8H8ClNO4/c1-2-19-7-4-8(6(14(15)16)3-5(7)10)20-21(17,18)9(11,12)13;1-2-14-8-4-7(11)6(10(12)13)3-5(8)9/h3-4H,2H2,1H3;3-4,11H,2H2,1H3. The molecule has 18 heteroatoms. The van der Waals surface area contributed by atoms with Crippen LogP contribution >= 0.6 is 23.2 Å². The zero-order valence-corrected chi connectivity index (χ0v) is 19.9. The SMILES string of the molecule is CCOc1cc(O)c([N+](=O)[O-])cc1Cl.CCOc1cc(OS(=O)(=O)C(F)(F)F)c([N+](=O)[O-])cc1Cl. The van der Waals surface area contributed by atoms with Crippen molar-refractivity contribution >= 4 is 44.7 Å². The van der Waals surface area contributed by atoms with Gasteiger partial charge in [0.25, 0.3) is 0 Å². The lowest BCUT2D eigenvalue weighted by molar-refractivity contribution is -0.385. The Bertz CT molecular complexity index is 1210. The van der Waals surface area contributed by atoms with Crippen molar-refractivity contribution in [1.82, 2.24) is 0 Å². The molecule has 0 bridgehead atoms. The van der Waals surface area contributed by atoms with E-state index in [1.807, 2.05) is 0 Å². The van der Waals surface area contributed by atoms with Gasteiger partial charge in [0.2, 0.25) is 5.75 Å². The number of alkyl halides is 3. The van der Waals surface area contributed by atoms with Crippen molar-refractivity contribution in [2.75, 3.05) is 13.2 Å². The molecular formula is C17H15Cl2F3N2O10S. The van der Waals surface area contributed by atoms with E-state index >= 15 is 0 Å². The van der Waals surface area contributed by atoms with E-state index in [4.69, 9.17) is 32.7 Å². The first-order valence-corrected chi connectivity index (χ1v) is 11.1. The van der Waals surface area contributed by atoms with Crippen LogP contribution in [0.1, 0.15) is 13.8 Å². The first-order chi connectivity index (χ1) is 16.0. The van der Waals surface area contributed by atoms with Gasteiger partial charge in [0.1, 0.15) is 11.5 Å². The minimum absolute atomic E-state index is 0.0446. The maximum atomic E-state index is 12.2. The highest BCUT2D eigenvalue weighted by Crippen LogP contribution is 2.40. The predicted molar refractivity (Wildman–Crippen MR) is 116 cm³/mol. The van der Waals surface area contributed by atoms with Crippen LogP contribution in [0.3, 0.4) is 0 Å². The number of nitrogens with zero attached hydrogens (tertiary/aromatic N) is 2. The molecule has 1 N–H and O–H groups in total. The highest BCUT2D eigenvalue weighted by molar-refractivity contribution is 7.88. The zero-order valence-electron chi connectivity index (χ0n) is 17.5. The molecule has 0 saturated heterocycles. The Morgan fingerprint density at radius 3 is 1.71 bits per heavy atom. The summed E-state index contributed by atoms with van der Waals surface area (Å²) in [6.07, 6.45) is 0. The van der Waals surface area contributed by atoms with Gasteiger partial charge >= 0.3 is 27.0 Å². The van der Waals surface area contributed by atoms with E-state index in [2.05, 4.69) is 4.18 Å². The van der Waals surface area contributed by atoms with E-state index in [1.54, 1.807) is 6.92 Å². The van der Waals surface area contributed by atoms with Gasteiger partial charge in [0.15, 0.2) is 5.75 Å². The van der Waals surface area contributed by atoms with E-state index in [-0.39, 0.29) is 28.2 Å². The molecule has 0 radical (unpaired) electrons. The molecule has 0 aliphatic carbocycles. The van der Waals surface area contributed by atoms with Crippen molar-refractivity contribution in [3.63, 3.8) is 0 Å². The van der Waals surface area contributed by atoms with Crippen molar-refractivity contribution in [1.29, 1.82) is 0 Å². The number of phenolic OH excluding ortho intramolecular Hbond substituents is 1. The molecule has 194 valence electrons. The number of nitro benzene ring substituents is 2. The second-order valence-corrected chi connectivity index (χ2v) is 8.24. The van der Waals surface area contributed by atoms with Gasteiger partial charge in [0.05, 0.1) is 33.1 Å². The van der Waals surface area contributed by atoms with E-state index in [1.165, 1.54) is 6.92 Å². The van der Waals surface area contributed by atoms with Crippen LogP contribution in [0.5, 0.6) is 23.0 Å². The van der Waals surface area contributed by atoms with E-state index in [0.29, 0.717) is 18.7 Å². The maximum absolute atomic E-state index is 12.2. The van der Waals surface area contributed by atoms with E-state index in [0.717, 1.165) is 12.1 Å². The predicted octanol–water partition coefficient (Wildman–Crippen LogP) is 5.23. The monoisotopic (exact) mass is 566 g/mol. The molecule has 2 aromatic carbocycles. The maximum Gasteiger partial charge on any atom is 0.534 e. The lowest BCUT2D eigenvalue weighted by Crippen LogP contribution is -2.28. The normalized spacial score (nSPS) is 11.2. The summed E-state index contributed by atoms with van der Waals surface area (Å²) in [7, 11) is -6.05. The van der Waals surface area contributed by atoms with Crippen molar-refractivity contribution in [2.24, 2.45) is 0 Å². The minimum atomic E-state index is -6.05. The Labute approximate surface area is 205 Å². The van der Waals surface area contributed by atoms with Crippen molar-refractivity contribution in [3.05, 3.63) is 54.5 Å². The second kappa shape index (κ2) is 11.9. The number of phenols is 1. The third-order valence-electron chi connectivity index (χ3n) is 3.52. The molecule has 2 aromatic rings. The highest BCUT2D eigenvalue weighted by atomic mass is 35.5. The molecular weight excluding hydrogens is 552 g/mol. The second-order valence-electron chi connectivity index (χ2n) is 5.89. The Hall–Kier alpha value is -3.24. The molecule has 0 unspecified atom stereocenters. The minimum Gasteiger partial charge on any atom is -0.502 e. The molecule has 0 fully saturated rings. The summed E-state index contributed by atoms with van der Waals surface area (Å²) in [6.45, 7) is 3.68. The van der Waals surface area contributed by atoms with Crippen molar-refractivity contribution in [3.8, 4) is 23.0 Å². The summed E-state index contributed by atoms with van der Waals surface area (Å²) in [5, 5.41) is 30.2. The molecule has 2 rings (SSSR count). The van der Waals surface area contributed by atoms with Gasteiger partial charge in [-0.05, 0) is 13.8 Å². The van der Waals surface area contributed by atoms with Gasteiger partial charge < -0.3 is 18.8 Å². The van der Waals surface area contributed by atoms with Crippen LogP contribution in [-0.4, -0.2) is 42.1 Å². The fourth-order valence-corrected chi connectivity index (χ4v) is 3.00. The number of benzene rings is 2. The van der Waals surface area contributed by atoms with Crippen LogP contribution in [0.4, 0.5) is 24.5 Å². The Morgan fingerprint density at radius 2 is 1.31 bits per heavy atom. The average Bonchev–Trinajstić information content (AvgIpc) is 2.72. The highest BCUT2D eigenvalue weighted by Gasteiger charge is 2.49. The number of aromatic hydroxyl groups is 1. The average molecular weight is 567 g/mol. The third kappa shape index (κ3) is 7.90. The largest absolute Gasteiger partial charge is 0.534 e. The van der Waals surface area contributed by atoms with Gasteiger partial charge in [-0.2, -0.15) is 21.6 Å². The van der Waals surface area contributed by atoms with Gasteiger partial charge in [-0.25, -0.2) is 0 Å². The first kappa shape index (κ1) is 29.8. The van der Waals surface area contributed by atoms with Crippen LogP contribution in [0, 0.1) is 20.2 Å². The molecule has 0 amide bonds. The molecule has 0 saturated carbocycles. The number of hydrogen-bond donors (Lipinski definition) is 1. The van der Waals surface area contributed by atoms with E-state index < -0.39 is 48.3 Å². The molecule has 35 heavy (non-hydrogen) atoms. The topological polar surface area (TPSA) is 168 Å². The Kier molecular flexibility index (Phi) is 10.2. The number of ether oxygens (including phenoxy) is 2. The molecule has 0 aromatic heterocycles. The molecule has 12 nitrogen and oxygen atoms in total. The van der Waals surface area contributed by atoms with Crippen LogP contribution in [0.15, 0.2) is 24.3 Å². The quantitative estimate of drug-likeness (QED) is 0.193. The molecule has 0 atom stereocenters. The van der Waals surface area contributed by atoms with Crippen LogP contribution < -0.4 is 13.7 Å².